The van der Waals surface area contributed by atoms with Gasteiger partial charge in [-0.2, -0.15) is 0 Å². The number of nitrogens with zero attached hydrogens (tertiary/aromatic N) is 1. The zero-order chi connectivity index (χ0) is 11.8. The summed E-state index contributed by atoms with van der Waals surface area (Å²) < 4.78 is 39.7. The number of rotatable bonds is 1. The Labute approximate surface area is 89.7 Å². The van der Waals surface area contributed by atoms with Gasteiger partial charge in [0.2, 0.25) is 0 Å². The zero-order valence-electron chi connectivity index (χ0n) is 8.08. The molecule has 5 heteroatoms. The Morgan fingerprint density at radius 3 is 2.56 bits per heavy atom. The Morgan fingerprint density at radius 1 is 1.12 bits per heavy atom. The average molecular weight is 226 g/mol. The lowest BCUT2D eigenvalue weighted by molar-refractivity contribution is -0.274. The van der Waals surface area contributed by atoms with Gasteiger partial charge in [0, 0.05) is 11.1 Å². The van der Waals surface area contributed by atoms with Crippen LogP contribution in [0.15, 0.2) is 30.3 Å². The SMILES string of the molecule is [CH2]c1ccc2cc(OC(F)(F)F)ccc2n1. The third-order valence-corrected chi connectivity index (χ3v) is 1.95. The molecule has 1 heterocycles. The van der Waals surface area contributed by atoms with Crippen LogP contribution in [0.2, 0.25) is 0 Å². The van der Waals surface area contributed by atoms with Gasteiger partial charge in [-0.3, -0.25) is 4.98 Å². The fourth-order valence-electron chi connectivity index (χ4n) is 1.34. The van der Waals surface area contributed by atoms with Crippen molar-refractivity contribution in [2.24, 2.45) is 0 Å². The maximum absolute atomic E-state index is 12.0. The first-order valence-electron chi connectivity index (χ1n) is 4.42. The second kappa shape index (κ2) is 3.66. The molecular weight excluding hydrogens is 219 g/mol. The predicted octanol–water partition coefficient (Wildman–Crippen LogP) is 3.32. The number of ether oxygens (including phenoxy) is 1. The van der Waals surface area contributed by atoms with E-state index in [2.05, 4.69) is 16.6 Å². The van der Waals surface area contributed by atoms with Crippen LogP contribution in [0.1, 0.15) is 5.69 Å². The molecule has 0 amide bonds. The lowest BCUT2D eigenvalue weighted by Gasteiger charge is -2.09. The molecule has 0 spiro atoms. The van der Waals surface area contributed by atoms with Crippen molar-refractivity contribution in [1.82, 2.24) is 4.98 Å². The average Bonchev–Trinajstić information content (AvgIpc) is 2.16. The first-order chi connectivity index (χ1) is 7.44. The van der Waals surface area contributed by atoms with E-state index in [0.29, 0.717) is 16.6 Å². The van der Waals surface area contributed by atoms with Crippen LogP contribution < -0.4 is 4.74 Å². The number of fused-ring (bicyclic) bond motifs is 1. The van der Waals surface area contributed by atoms with Crippen LogP contribution in [0.4, 0.5) is 13.2 Å². The number of pyridine rings is 1. The van der Waals surface area contributed by atoms with Gasteiger partial charge in [-0.15, -0.1) is 13.2 Å². The van der Waals surface area contributed by atoms with Crippen LogP contribution in [0, 0.1) is 6.92 Å². The molecule has 16 heavy (non-hydrogen) atoms. The second-order valence-corrected chi connectivity index (χ2v) is 3.20. The summed E-state index contributed by atoms with van der Waals surface area (Å²) >= 11 is 0. The highest BCUT2D eigenvalue weighted by atomic mass is 19.4. The number of aromatic nitrogens is 1. The van der Waals surface area contributed by atoms with E-state index < -0.39 is 6.36 Å². The summed E-state index contributed by atoms with van der Waals surface area (Å²) in [5, 5.41) is 0.578. The van der Waals surface area contributed by atoms with Crippen LogP contribution in [0.25, 0.3) is 10.9 Å². The van der Waals surface area contributed by atoms with E-state index in [9.17, 15) is 13.2 Å². The fourth-order valence-corrected chi connectivity index (χ4v) is 1.34. The number of benzene rings is 1. The number of halogens is 3. The van der Waals surface area contributed by atoms with E-state index in [0.717, 1.165) is 0 Å². The number of hydrogen-bond acceptors (Lipinski definition) is 2. The van der Waals surface area contributed by atoms with Crippen molar-refractivity contribution in [2.75, 3.05) is 0 Å². The molecule has 0 aliphatic rings. The van der Waals surface area contributed by atoms with Crippen molar-refractivity contribution >= 4 is 10.9 Å². The topological polar surface area (TPSA) is 22.1 Å². The normalized spacial score (nSPS) is 11.8. The molecule has 0 saturated carbocycles. The van der Waals surface area contributed by atoms with Crippen molar-refractivity contribution in [1.29, 1.82) is 0 Å². The van der Waals surface area contributed by atoms with Gasteiger partial charge >= 0.3 is 6.36 Å². The standard InChI is InChI=1S/C11H7F3NO/c1-7-2-3-8-6-9(16-11(12,13)14)4-5-10(8)15-7/h2-6H,1H2. The molecular formula is C11H7F3NO. The molecule has 2 nitrogen and oxygen atoms in total. The van der Waals surface area contributed by atoms with Crippen LogP contribution in [-0.4, -0.2) is 11.3 Å². The summed E-state index contributed by atoms with van der Waals surface area (Å²) in [5.74, 6) is -0.251. The van der Waals surface area contributed by atoms with E-state index in [-0.39, 0.29) is 5.75 Å². The monoisotopic (exact) mass is 226 g/mol. The molecule has 0 N–H and O–H groups in total. The second-order valence-electron chi connectivity index (χ2n) is 3.20. The molecule has 1 aromatic heterocycles. The van der Waals surface area contributed by atoms with Crippen LogP contribution in [0.3, 0.4) is 0 Å². The van der Waals surface area contributed by atoms with E-state index in [1.165, 1.54) is 18.2 Å². The molecule has 0 aliphatic carbocycles. The van der Waals surface area contributed by atoms with Crippen molar-refractivity contribution in [3.05, 3.63) is 42.9 Å². The van der Waals surface area contributed by atoms with Crippen molar-refractivity contribution in [3.8, 4) is 5.75 Å². The summed E-state index contributed by atoms with van der Waals surface area (Å²) in [5.41, 5.74) is 1.15. The van der Waals surface area contributed by atoms with E-state index in [4.69, 9.17) is 0 Å². The van der Waals surface area contributed by atoms with Crippen LogP contribution in [-0.2, 0) is 0 Å². The van der Waals surface area contributed by atoms with Gasteiger partial charge in [0.25, 0.3) is 0 Å². The predicted molar refractivity (Wildman–Crippen MR) is 52.9 cm³/mol. The highest BCUT2D eigenvalue weighted by molar-refractivity contribution is 5.80. The van der Waals surface area contributed by atoms with Crippen molar-refractivity contribution in [3.63, 3.8) is 0 Å². The minimum Gasteiger partial charge on any atom is -0.406 e. The molecule has 1 aromatic carbocycles. The lowest BCUT2D eigenvalue weighted by atomic mass is 10.2. The molecule has 2 aromatic rings. The van der Waals surface area contributed by atoms with Gasteiger partial charge in [-0.25, -0.2) is 0 Å². The maximum atomic E-state index is 12.0. The minimum absolute atomic E-state index is 0.251. The summed E-state index contributed by atoms with van der Waals surface area (Å²) in [7, 11) is 0. The smallest absolute Gasteiger partial charge is 0.406 e. The first-order valence-corrected chi connectivity index (χ1v) is 4.42. The zero-order valence-corrected chi connectivity index (χ0v) is 8.08. The Hall–Kier alpha value is -1.78. The fraction of sp³-hybridized carbons (Fsp3) is 0.0909. The molecule has 0 saturated heterocycles. The van der Waals surface area contributed by atoms with Crippen LogP contribution in [0.5, 0.6) is 5.75 Å². The maximum Gasteiger partial charge on any atom is 0.573 e. The Kier molecular flexibility index (Phi) is 2.46. The minimum atomic E-state index is -4.67. The van der Waals surface area contributed by atoms with Gasteiger partial charge in [0.15, 0.2) is 0 Å². The largest absolute Gasteiger partial charge is 0.573 e. The molecule has 0 unspecified atom stereocenters. The molecule has 1 radical (unpaired) electrons. The van der Waals surface area contributed by atoms with Gasteiger partial charge < -0.3 is 4.74 Å². The van der Waals surface area contributed by atoms with Gasteiger partial charge in [0.05, 0.1) is 5.52 Å². The summed E-state index contributed by atoms with van der Waals surface area (Å²) in [6.07, 6.45) is -4.67. The van der Waals surface area contributed by atoms with E-state index >= 15 is 0 Å². The van der Waals surface area contributed by atoms with Gasteiger partial charge in [-0.1, -0.05) is 6.07 Å². The Morgan fingerprint density at radius 2 is 1.88 bits per heavy atom. The van der Waals surface area contributed by atoms with Gasteiger partial charge in [-0.05, 0) is 31.2 Å². The summed E-state index contributed by atoms with van der Waals surface area (Å²) in [6.45, 7) is 3.63. The van der Waals surface area contributed by atoms with Crippen LogP contribution >= 0.6 is 0 Å². The molecule has 0 aliphatic heterocycles. The Balaban J connectivity index is 2.41. The molecule has 2 rings (SSSR count). The number of alkyl halides is 3. The third-order valence-electron chi connectivity index (χ3n) is 1.95. The van der Waals surface area contributed by atoms with Crippen molar-refractivity contribution in [2.45, 2.75) is 6.36 Å². The van der Waals surface area contributed by atoms with Crippen molar-refractivity contribution < 1.29 is 17.9 Å². The summed E-state index contributed by atoms with van der Waals surface area (Å²) in [4.78, 5) is 4.07. The quantitative estimate of drug-likeness (QED) is 0.744. The highest BCUT2D eigenvalue weighted by Crippen LogP contribution is 2.25. The van der Waals surface area contributed by atoms with E-state index in [1.54, 1.807) is 12.1 Å². The highest BCUT2D eigenvalue weighted by Gasteiger charge is 2.31. The molecule has 0 fully saturated rings. The number of hydrogen-bond donors (Lipinski definition) is 0. The lowest BCUT2D eigenvalue weighted by Crippen LogP contribution is -2.17. The molecule has 0 bridgehead atoms. The summed E-state index contributed by atoms with van der Waals surface area (Å²) in [6, 6.07) is 7.25. The van der Waals surface area contributed by atoms with E-state index in [1.807, 2.05) is 0 Å². The van der Waals surface area contributed by atoms with Gasteiger partial charge in [0.1, 0.15) is 5.75 Å². The Bertz CT molecular complexity index is 522. The molecule has 83 valence electrons. The first kappa shape index (κ1) is 10.7. The molecule has 0 atom stereocenters. The third kappa shape index (κ3) is 2.42.